The molecule has 0 aromatic rings. The van der Waals surface area contributed by atoms with Crippen LogP contribution in [-0.4, -0.2) is 37.3 Å². The quantitative estimate of drug-likeness (QED) is 0.491. The number of alkyl halides is 3. The van der Waals surface area contributed by atoms with Gasteiger partial charge >= 0.3 is 6.18 Å². The van der Waals surface area contributed by atoms with Crippen molar-refractivity contribution < 1.29 is 13.2 Å². The minimum atomic E-state index is -4.07. The van der Waals surface area contributed by atoms with Crippen molar-refractivity contribution in [2.24, 2.45) is 15.5 Å². The van der Waals surface area contributed by atoms with Crippen LogP contribution in [0.3, 0.4) is 0 Å². The highest BCUT2D eigenvalue weighted by Gasteiger charge is 2.62. The van der Waals surface area contributed by atoms with E-state index in [1.807, 2.05) is 0 Å². The molecule has 0 unspecified atom stereocenters. The fraction of sp³-hybridized carbons (Fsp3) is 0.692. The Hall–Kier alpha value is -1.33. The Labute approximate surface area is 111 Å². The molecule has 19 heavy (non-hydrogen) atoms. The maximum atomic E-state index is 12.7. The third-order valence-electron chi connectivity index (χ3n) is 3.38. The molecule has 0 spiro atoms. The summed E-state index contributed by atoms with van der Waals surface area (Å²) in [5.74, 6) is 0. The highest BCUT2D eigenvalue weighted by Crippen LogP contribution is 2.60. The van der Waals surface area contributed by atoms with E-state index in [1.54, 1.807) is 18.1 Å². The van der Waals surface area contributed by atoms with Crippen LogP contribution >= 0.6 is 0 Å². The number of rotatable bonds is 8. The van der Waals surface area contributed by atoms with Crippen LogP contribution in [0.5, 0.6) is 0 Å². The van der Waals surface area contributed by atoms with E-state index in [9.17, 15) is 13.2 Å². The molecule has 0 atom stereocenters. The van der Waals surface area contributed by atoms with Crippen molar-refractivity contribution >= 4 is 12.4 Å². The largest absolute Gasteiger partial charge is 0.394 e. The van der Waals surface area contributed by atoms with Gasteiger partial charge in [0.1, 0.15) is 6.67 Å². The Balaban J connectivity index is 2.43. The van der Waals surface area contributed by atoms with Gasteiger partial charge in [0.25, 0.3) is 0 Å². The van der Waals surface area contributed by atoms with Crippen molar-refractivity contribution in [2.45, 2.75) is 38.3 Å². The standard InChI is InChI=1S/C13H20F3N3/c1-4-11(18-19(3)10-17-2)6-5-7-12(8-9-12)13(14,15)16/h4H,1-2,5-10H2,3H3/b18-11+. The average molecular weight is 275 g/mol. The smallest absolute Gasteiger partial charge is 0.278 e. The zero-order chi connectivity index (χ0) is 14.5. The number of aliphatic imine (C=N–C) groups is 1. The summed E-state index contributed by atoms with van der Waals surface area (Å²) in [6.07, 6.45) is -0.821. The zero-order valence-electron chi connectivity index (χ0n) is 11.2. The topological polar surface area (TPSA) is 28.0 Å². The molecule has 0 amide bonds. The number of halogens is 3. The molecule has 6 heteroatoms. The van der Waals surface area contributed by atoms with Gasteiger partial charge in [0.15, 0.2) is 0 Å². The molecule has 0 aliphatic heterocycles. The first-order valence-electron chi connectivity index (χ1n) is 6.25. The van der Waals surface area contributed by atoms with E-state index in [-0.39, 0.29) is 19.3 Å². The van der Waals surface area contributed by atoms with Gasteiger partial charge in [-0.1, -0.05) is 6.58 Å². The SMILES string of the molecule is C=C/C(CCCC1(C(F)(F)F)CC1)=N\N(C)CN=C. The van der Waals surface area contributed by atoms with E-state index in [0.717, 1.165) is 0 Å². The molecule has 1 aliphatic carbocycles. The summed E-state index contributed by atoms with van der Waals surface area (Å²) >= 11 is 0. The van der Waals surface area contributed by atoms with Crippen LogP contribution in [0, 0.1) is 5.41 Å². The third kappa shape index (κ3) is 4.36. The van der Waals surface area contributed by atoms with Gasteiger partial charge in [-0.25, -0.2) is 0 Å². The Morgan fingerprint density at radius 3 is 2.47 bits per heavy atom. The predicted molar refractivity (Wildman–Crippen MR) is 71.4 cm³/mol. The van der Waals surface area contributed by atoms with Crippen LogP contribution in [0.15, 0.2) is 22.7 Å². The van der Waals surface area contributed by atoms with Crippen molar-refractivity contribution in [2.75, 3.05) is 13.7 Å². The van der Waals surface area contributed by atoms with Gasteiger partial charge in [0.2, 0.25) is 0 Å². The predicted octanol–water partition coefficient (Wildman–Crippen LogP) is 3.63. The summed E-state index contributed by atoms with van der Waals surface area (Å²) in [7, 11) is 1.73. The second kappa shape index (κ2) is 6.21. The molecule has 108 valence electrons. The lowest BCUT2D eigenvalue weighted by atomic mass is 9.97. The molecule has 0 N–H and O–H groups in total. The second-order valence-electron chi connectivity index (χ2n) is 4.95. The number of hydrogen-bond acceptors (Lipinski definition) is 3. The zero-order valence-corrected chi connectivity index (χ0v) is 11.2. The van der Waals surface area contributed by atoms with E-state index in [2.05, 4.69) is 23.4 Å². The number of nitrogens with zero attached hydrogens (tertiary/aromatic N) is 3. The Morgan fingerprint density at radius 1 is 1.42 bits per heavy atom. The molecule has 0 heterocycles. The Kier molecular flexibility index (Phi) is 5.14. The van der Waals surface area contributed by atoms with E-state index in [0.29, 0.717) is 25.2 Å². The summed E-state index contributed by atoms with van der Waals surface area (Å²) < 4.78 is 38.2. The highest BCUT2D eigenvalue weighted by atomic mass is 19.4. The number of hydrogen-bond donors (Lipinski definition) is 0. The molecular weight excluding hydrogens is 255 g/mol. The highest BCUT2D eigenvalue weighted by molar-refractivity contribution is 5.94. The maximum Gasteiger partial charge on any atom is 0.394 e. The van der Waals surface area contributed by atoms with E-state index in [4.69, 9.17) is 0 Å². The van der Waals surface area contributed by atoms with Crippen molar-refractivity contribution in [1.82, 2.24) is 5.01 Å². The first kappa shape index (κ1) is 15.7. The van der Waals surface area contributed by atoms with Gasteiger partial charge in [0, 0.05) is 7.05 Å². The van der Waals surface area contributed by atoms with Crippen LogP contribution in [0.25, 0.3) is 0 Å². The second-order valence-corrected chi connectivity index (χ2v) is 4.95. The molecule has 1 rings (SSSR count). The van der Waals surface area contributed by atoms with Crippen LogP contribution in [0.1, 0.15) is 32.1 Å². The minimum absolute atomic E-state index is 0.173. The van der Waals surface area contributed by atoms with Crippen LogP contribution in [-0.2, 0) is 0 Å². The Bertz CT molecular complexity index is 357. The molecule has 1 fully saturated rings. The molecular formula is C13H20F3N3. The van der Waals surface area contributed by atoms with Crippen LogP contribution < -0.4 is 0 Å². The monoisotopic (exact) mass is 275 g/mol. The normalized spacial score (nSPS) is 18.0. The van der Waals surface area contributed by atoms with Crippen molar-refractivity contribution in [3.63, 3.8) is 0 Å². The van der Waals surface area contributed by atoms with Crippen molar-refractivity contribution in [3.8, 4) is 0 Å². The molecule has 0 radical (unpaired) electrons. The van der Waals surface area contributed by atoms with Gasteiger partial charge in [-0.2, -0.15) is 18.3 Å². The summed E-state index contributed by atoms with van der Waals surface area (Å²) in [6, 6.07) is 0. The molecule has 0 aromatic heterocycles. The molecule has 0 bridgehead atoms. The first-order valence-corrected chi connectivity index (χ1v) is 6.25. The molecule has 3 nitrogen and oxygen atoms in total. The van der Waals surface area contributed by atoms with Crippen molar-refractivity contribution in [3.05, 3.63) is 12.7 Å². The number of allylic oxidation sites excluding steroid dienone is 1. The lowest BCUT2D eigenvalue weighted by Gasteiger charge is -2.19. The summed E-state index contributed by atoms with van der Waals surface area (Å²) in [6.45, 7) is 7.33. The van der Waals surface area contributed by atoms with E-state index >= 15 is 0 Å². The molecule has 0 saturated heterocycles. The molecule has 1 saturated carbocycles. The lowest BCUT2D eigenvalue weighted by Crippen LogP contribution is -2.24. The van der Waals surface area contributed by atoms with Gasteiger partial charge in [-0.3, -0.25) is 10.0 Å². The van der Waals surface area contributed by atoms with Gasteiger partial charge < -0.3 is 0 Å². The van der Waals surface area contributed by atoms with Crippen LogP contribution in [0.2, 0.25) is 0 Å². The van der Waals surface area contributed by atoms with Crippen LogP contribution in [0.4, 0.5) is 13.2 Å². The lowest BCUT2D eigenvalue weighted by molar-refractivity contribution is -0.189. The third-order valence-corrected chi connectivity index (χ3v) is 3.38. The fourth-order valence-corrected chi connectivity index (χ4v) is 2.02. The fourth-order valence-electron chi connectivity index (χ4n) is 2.02. The number of hydrazone groups is 1. The van der Waals surface area contributed by atoms with Crippen molar-refractivity contribution in [1.29, 1.82) is 0 Å². The Morgan fingerprint density at radius 2 is 2.05 bits per heavy atom. The molecule has 1 aliphatic rings. The summed E-state index contributed by atoms with van der Waals surface area (Å²) in [5.41, 5.74) is -0.738. The van der Waals surface area contributed by atoms with E-state index in [1.165, 1.54) is 0 Å². The van der Waals surface area contributed by atoms with Gasteiger partial charge in [-0.15, -0.1) is 0 Å². The average Bonchev–Trinajstić information content (AvgIpc) is 3.08. The first-order chi connectivity index (χ1) is 8.84. The maximum absolute atomic E-state index is 12.7. The van der Waals surface area contributed by atoms with Gasteiger partial charge in [0.05, 0.1) is 11.1 Å². The summed E-state index contributed by atoms with van der Waals surface area (Å²) in [5, 5.41) is 5.79. The van der Waals surface area contributed by atoms with Gasteiger partial charge in [-0.05, 0) is 44.9 Å². The van der Waals surface area contributed by atoms with E-state index < -0.39 is 11.6 Å². The minimum Gasteiger partial charge on any atom is -0.278 e. The molecule has 0 aromatic carbocycles. The summed E-state index contributed by atoms with van der Waals surface area (Å²) in [4.78, 5) is 3.67.